The number of carbonyl (C=O) groups is 1. The van der Waals surface area contributed by atoms with E-state index in [0.29, 0.717) is 11.7 Å². The summed E-state index contributed by atoms with van der Waals surface area (Å²) in [5, 5.41) is 3.50. The quantitative estimate of drug-likeness (QED) is 0.692. The molecule has 3 nitrogen and oxygen atoms in total. The molecule has 0 amide bonds. The lowest BCUT2D eigenvalue weighted by Crippen LogP contribution is -2.61. The second kappa shape index (κ2) is 7.95. The number of nitrogens with one attached hydrogen (secondary N) is 1. The number of fused-ring (bicyclic) bond motifs is 4. The van der Waals surface area contributed by atoms with E-state index in [1.807, 2.05) is 32.0 Å². The van der Waals surface area contributed by atoms with Crippen molar-refractivity contribution in [1.29, 1.82) is 0 Å². The Morgan fingerprint density at radius 1 is 1.07 bits per heavy atom. The highest BCUT2D eigenvalue weighted by Crippen LogP contribution is 2.50. The number of piperidine rings is 1. The number of Topliss-reactive ketones (excluding diaryl/α,β-unsaturated/α-hetero) is 1. The zero-order chi connectivity index (χ0) is 20.6. The Kier molecular flexibility index (Phi) is 5.52. The van der Waals surface area contributed by atoms with Crippen molar-refractivity contribution in [2.24, 2.45) is 11.8 Å². The Balaban J connectivity index is 0.000000994. The van der Waals surface area contributed by atoms with Gasteiger partial charge in [0.15, 0.2) is 5.78 Å². The van der Waals surface area contributed by atoms with Gasteiger partial charge in [-0.2, -0.15) is 0 Å². The topological polar surface area (TPSA) is 32.3 Å². The second-order valence-corrected chi connectivity index (χ2v) is 8.95. The standard InChI is InChI=1S/C24H28N2O.C2H6/c1-16-22-23(27)20-11-10-19(25-18-6-4-3-5-7-18)14-21(20)24(16,2)12-13-26(22)15-17-8-9-17;1-2/h3-7,10-11,14,16-17,22,25H,8-9,12-13,15H2,1-2H3;1-2H3/t16-,22-,24+;/m0./s1. The van der Waals surface area contributed by atoms with Crippen LogP contribution in [0.4, 0.5) is 11.4 Å². The molecule has 0 radical (unpaired) electrons. The summed E-state index contributed by atoms with van der Waals surface area (Å²) in [5.41, 5.74) is 4.40. The molecule has 0 spiro atoms. The average Bonchev–Trinajstić information content (AvgIpc) is 3.56. The van der Waals surface area contributed by atoms with Gasteiger partial charge in [0.25, 0.3) is 0 Å². The summed E-state index contributed by atoms with van der Waals surface area (Å²) in [5.74, 6) is 1.52. The van der Waals surface area contributed by atoms with E-state index in [2.05, 4.69) is 54.4 Å². The van der Waals surface area contributed by atoms with E-state index in [1.54, 1.807) is 0 Å². The van der Waals surface area contributed by atoms with Crippen LogP contribution in [0.25, 0.3) is 0 Å². The molecule has 3 atom stereocenters. The summed E-state index contributed by atoms with van der Waals surface area (Å²) in [4.78, 5) is 15.9. The smallest absolute Gasteiger partial charge is 0.180 e. The van der Waals surface area contributed by atoms with Crippen molar-refractivity contribution in [3.8, 4) is 0 Å². The van der Waals surface area contributed by atoms with Crippen LogP contribution in [-0.4, -0.2) is 29.8 Å². The normalized spacial score (nSPS) is 28.2. The van der Waals surface area contributed by atoms with Crippen molar-refractivity contribution >= 4 is 17.2 Å². The molecule has 2 aliphatic carbocycles. The van der Waals surface area contributed by atoms with Crippen molar-refractivity contribution in [1.82, 2.24) is 4.90 Å². The number of nitrogens with zero attached hydrogens (tertiary/aromatic N) is 1. The van der Waals surface area contributed by atoms with E-state index in [-0.39, 0.29) is 11.5 Å². The molecule has 1 saturated carbocycles. The SMILES string of the molecule is CC.C[C@H]1[C@H]2C(=O)c3ccc(Nc4ccccc4)cc3[C@]1(C)CCN2CC1CC1. The van der Waals surface area contributed by atoms with Crippen LogP contribution in [0.15, 0.2) is 48.5 Å². The first kappa shape index (κ1) is 20.2. The molecule has 3 aliphatic rings. The molecule has 29 heavy (non-hydrogen) atoms. The largest absolute Gasteiger partial charge is 0.356 e. The fraction of sp³-hybridized carbons (Fsp3) is 0.500. The van der Waals surface area contributed by atoms with Gasteiger partial charge in [-0.1, -0.05) is 45.9 Å². The van der Waals surface area contributed by atoms with Gasteiger partial charge in [0.1, 0.15) is 0 Å². The van der Waals surface area contributed by atoms with E-state index >= 15 is 0 Å². The van der Waals surface area contributed by atoms with Crippen LogP contribution in [0.1, 0.15) is 62.9 Å². The van der Waals surface area contributed by atoms with Crippen LogP contribution in [0.3, 0.4) is 0 Å². The van der Waals surface area contributed by atoms with Gasteiger partial charge in [-0.15, -0.1) is 0 Å². The van der Waals surface area contributed by atoms with Gasteiger partial charge in [0, 0.05) is 23.5 Å². The zero-order valence-corrected chi connectivity index (χ0v) is 18.2. The first-order valence-corrected chi connectivity index (χ1v) is 11.3. The summed E-state index contributed by atoms with van der Waals surface area (Å²) in [6.45, 7) is 10.8. The molecule has 3 heteroatoms. The second-order valence-electron chi connectivity index (χ2n) is 8.95. The Morgan fingerprint density at radius 2 is 1.79 bits per heavy atom. The molecule has 0 aromatic heterocycles. The van der Waals surface area contributed by atoms with Gasteiger partial charge in [0.2, 0.25) is 0 Å². The summed E-state index contributed by atoms with van der Waals surface area (Å²) < 4.78 is 0. The lowest BCUT2D eigenvalue weighted by atomic mass is 9.58. The van der Waals surface area contributed by atoms with Gasteiger partial charge < -0.3 is 5.32 Å². The fourth-order valence-electron chi connectivity index (χ4n) is 5.17. The predicted octanol–water partition coefficient (Wildman–Crippen LogP) is 6.03. The lowest BCUT2D eigenvalue weighted by molar-refractivity contribution is 0.0266. The van der Waals surface area contributed by atoms with Gasteiger partial charge >= 0.3 is 0 Å². The number of anilines is 2. The van der Waals surface area contributed by atoms with Gasteiger partial charge in [-0.3, -0.25) is 9.69 Å². The Hall–Kier alpha value is -2.13. The molecule has 1 heterocycles. The molecule has 1 aliphatic heterocycles. The highest BCUT2D eigenvalue weighted by molar-refractivity contribution is 6.04. The molecule has 2 aromatic carbocycles. The minimum Gasteiger partial charge on any atom is -0.356 e. The van der Waals surface area contributed by atoms with Crippen molar-refractivity contribution in [2.75, 3.05) is 18.4 Å². The summed E-state index contributed by atoms with van der Waals surface area (Å²) >= 11 is 0. The highest BCUT2D eigenvalue weighted by Gasteiger charge is 2.52. The highest BCUT2D eigenvalue weighted by atomic mass is 16.1. The minimum atomic E-state index is 0.0600. The van der Waals surface area contributed by atoms with Crippen molar-refractivity contribution in [3.63, 3.8) is 0 Å². The lowest BCUT2D eigenvalue weighted by Gasteiger charge is -2.53. The third kappa shape index (κ3) is 3.61. The zero-order valence-electron chi connectivity index (χ0n) is 18.2. The average molecular weight is 391 g/mol. The van der Waals surface area contributed by atoms with Crippen LogP contribution in [-0.2, 0) is 5.41 Å². The Morgan fingerprint density at radius 3 is 2.48 bits per heavy atom. The molecule has 2 bridgehead atoms. The van der Waals surface area contributed by atoms with Crippen LogP contribution in [0.2, 0.25) is 0 Å². The van der Waals surface area contributed by atoms with Crippen molar-refractivity contribution in [2.45, 2.75) is 58.4 Å². The van der Waals surface area contributed by atoms with Gasteiger partial charge in [0.05, 0.1) is 6.04 Å². The monoisotopic (exact) mass is 390 g/mol. The summed E-state index contributed by atoms with van der Waals surface area (Å²) in [6.07, 6.45) is 3.81. The Bertz CT molecular complexity index is 874. The number of hydrogen-bond donors (Lipinski definition) is 1. The number of likely N-dealkylation sites (tertiary alicyclic amines) is 1. The molecule has 5 rings (SSSR count). The number of ketones is 1. The maximum absolute atomic E-state index is 13.4. The molecule has 154 valence electrons. The molecule has 2 aromatic rings. The van der Waals surface area contributed by atoms with E-state index in [1.165, 1.54) is 18.4 Å². The third-order valence-corrected chi connectivity index (χ3v) is 7.21. The predicted molar refractivity (Wildman–Crippen MR) is 121 cm³/mol. The van der Waals surface area contributed by atoms with Crippen LogP contribution in [0.5, 0.6) is 0 Å². The summed E-state index contributed by atoms with van der Waals surface area (Å²) in [6, 6.07) is 16.6. The molecular formula is C26H34N2O. The van der Waals surface area contributed by atoms with E-state index < -0.39 is 0 Å². The summed E-state index contributed by atoms with van der Waals surface area (Å²) in [7, 11) is 0. The maximum atomic E-state index is 13.4. The fourth-order valence-corrected chi connectivity index (χ4v) is 5.17. The number of rotatable bonds is 4. The van der Waals surface area contributed by atoms with Crippen LogP contribution < -0.4 is 5.32 Å². The van der Waals surface area contributed by atoms with E-state index in [9.17, 15) is 4.79 Å². The maximum Gasteiger partial charge on any atom is 0.180 e. The molecule has 2 fully saturated rings. The van der Waals surface area contributed by atoms with Crippen LogP contribution >= 0.6 is 0 Å². The molecule has 0 unspecified atom stereocenters. The molecule has 1 saturated heterocycles. The first-order valence-electron chi connectivity index (χ1n) is 11.3. The van der Waals surface area contributed by atoms with Gasteiger partial charge in [-0.05, 0) is 79.0 Å². The number of hydrogen-bond acceptors (Lipinski definition) is 3. The molecular weight excluding hydrogens is 356 g/mol. The number of para-hydroxylation sites is 1. The van der Waals surface area contributed by atoms with Gasteiger partial charge in [-0.25, -0.2) is 0 Å². The van der Waals surface area contributed by atoms with E-state index in [0.717, 1.165) is 42.4 Å². The first-order chi connectivity index (χ1) is 14.1. The number of carbonyl (C=O) groups excluding carboxylic acids is 1. The Labute approximate surface area is 175 Å². The van der Waals surface area contributed by atoms with Crippen molar-refractivity contribution in [3.05, 3.63) is 59.7 Å². The molecule has 1 N–H and O–H groups in total. The number of benzene rings is 2. The van der Waals surface area contributed by atoms with E-state index in [4.69, 9.17) is 0 Å². The third-order valence-electron chi connectivity index (χ3n) is 7.21. The van der Waals surface area contributed by atoms with Crippen LogP contribution in [0, 0.1) is 11.8 Å². The minimum absolute atomic E-state index is 0.0600. The van der Waals surface area contributed by atoms with Crippen molar-refractivity contribution < 1.29 is 4.79 Å².